The Hall–Kier alpha value is -1.83. The average molecular weight is 420 g/mol. The maximum atomic E-state index is 13.1. The van der Waals surface area contributed by atoms with Gasteiger partial charge in [0.25, 0.3) is 10.0 Å². The van der Waals surface area contributed by atoms with Gasteiger partial charge in [-0.25, -0.2) is 8.42 Å². The molecule has 0 amide bonds. The van der Waals surface area contributed by atoms with Gasteiger partial charge in [0.2, 0.25) is 5.12 Å². The van der Waals surface area contributed by atoms with Gasteiger partial charge in [-0.1, -0.05) is 73.4 Å². The minimum absolute atomic E-state index is 0.175. The van der Waals surface area contributed by atoms with Crippen LogP contribution in [0.1, 0.15) is 15.9 Å². The van der Waals surface area contributed by atoms with Crippen LogP contribution in [0.3, 0.4) is 0 Å². The number of rotatable bonds is 6. The Morgan fingerprint density at radius 2 is 1.56 bits per heavy atom. The molecule has 0 aliphatic heterocycles. The van der Waals surface area contributed by atoms with Gasteiger partial charge in [0, 0.05) is 12.6 Å². The summed E-state index contributed by atoms with van der Waals surface area (Å²) in [6, 6.07) is 15.6. The molecule has 2 aromatic rings. The van der Waals surface area contributed by atoms with Crippen LogP contribution in [0.4, 0.5) is 0 Å². The van der Waals surface area contributed by atoms with E-state index in [9.17, 15) is 13.2 Å². The van der Waals surface area contributed by atoms with Crippen LogP contribution in [0, 0.1) is 6.92 Å². The number of thioether (sulfide) groups is 1. The lowest BCUT2D eigenvalue weighted by molar-refractivity contribution is 0.108. The summed E-state index contributed by atoms with van der Waals surface area (Å²) in [5.41, 5.74) is 3.48. The van der Waals surface area contributed by atoms with E-state index < -0.39 is 18.1 Å². The number of sulfonamides is 1. The molecule has 2 aromatic carbocycles. The van der Waals surface area contributed by atoms with Gasteiger partial charge in [-0.15, -0.1) is 0 Å². The molecule has 0 unspecified atom stereocenters. The molecule has 0 atom stereocenters. The van der Waals surface area contributed by atoms with Crippen molar-refractivity contribution in [2.45, 2.75) is 31.5 Å². The minimum Gasteiger partial charge on any atom is -0.281 e. The van der Waals surface area contributed by atoms with E-state index in [4.69, 9.17) is 0 Å². The second-order valence-electron chi connectivity index (χ2n) is 7.39. The molecular formula is C20H25NO3S2Si. The highest BCUT2D eigenvalue weighted by Gasteiger charge is 2.27. The van der Waals surface area contributed by atoms with E-state index in [1.165, 1.54) is 11.4 Å². The average Bonchev–Trinajstić information content (AvgIpc) is 2.60. The Morgan fingerprint density at radius 1 is 1.00 bits per heavy atom. The molecule has 7 heteroatoms. The van der Waals surface area contributed by atoms with Crippen LogP contribution in [0.15, 0.2) is 70.2 Å². The summed E-state index contributed by atoms with van der Waals surface area (Å²) in [6.45, 7) is 8.22. The van der Waals surface area contributed by atoms with Gasteiger partial charge in [0.1, 0.15) is 0 Å². The highest BCUT2D eigenvalue weighted by molar-refractivity contribution is 8.17. The summed E-state index contributed by atoms with van der Waals surface area (Å²) in [6.07, 6.45) is 0. The number of benzene rings is 2. The van der Waals surface area contributed by atoms with E-state index >= 15 is 0 Å². The zero-order chi connectivity index (χ0) is 20.2. The lowest BCUT2D eigenvalue weighted by Crippen LogP contribution is -2.29. The van der Waals surface area contributed by atoms with Crippen molar-refractivity contribution >= 4 is 35.0 Å². The van der Waals surface area contributed by atoms with E-state index in [2.05, 4.69) is 19.6 Å². The zero-order valence-corrected chi connectivity index (χ0v) is 18.9. The molecular weight excluding hydrogens is 394 g/mol. The molecule has 27 heavy (non-hydrogen) atoms. The summed E-state index contributed by atoms with van der Waals surface area (Å²) in [7, 11) is -4.02. The Bertz CT molecular complexity index is 931. The van der Waals surface area contributed by atoms with Crippen molar-refractivity contribution in [1.29, 1.82) is 0 Å². The molecule has 0 fully saturated rings. The number of nitrogens with zero attached hydrogens (tertiary/aromatic N) is 1. The highest BCUT2D eigenvalue weighted by atomic mass is 32.2. The highest BCUT2D eigenvalue weighted by Crippen LogP contribution is 2.30. The van der Waals surface area contributed by atoms with Gasteiger partial charge in [0.05, 0.1) is 18.0 Å². The van der Waals surface area contributed by atoms with Crippen LogP contribution in [-0.4, -0.2) is 33.0 Å². The lowest BCUT2D eigenvalue weighted by atomic mass is 10.2. The fourth-order valence-electron chi connectivity index (χ4n) is 2.27. The van der Waals surface area contributed by atoms with E-state index in [0.717, 1.165) is 17.3 Å². The molecule has 0 saturated heterocycles. The third-order valence-corrected chi connectivity index (χ3v) is 8.02. The molecule has 0 bridgehead atoms. The molecule has 0 aliphatic carbocycles. The maximum Gasteiger partial charge on any atom is 0.264 e. The van der Waals surface area contributed by atoms with Crippen LogP contribution in [0.25, 0.3) is 0 Å². The maximum absolute atomic E-state index is 13.1. The first kappa shape index (κ1) is 21.5. The van der Waals surface area contributed by atoms with Crippen LogP contribution in [0.2, 0.25) is 19.6 Å². The summed E-state index contributed by atoms with van der Waals surface area (Å²) in [4.78, 5) is 12.9. The predicted molar refractivity (Wildman–Crippen MR) is 116 cm³/mol. The summed E-state index contributed by atoms with van der Waals surface area (Å²) < 4.78 is 27.4. The molecule has 0 N–H and O–H groups in total. The fraction of sp³-hybridized carbons (Fsp3) is 0.250. The van der Waals surface area contributed by atoms with Crippen molar-refractivity contribution in [3.63, 3.8) is 0 Å². The number of carbonyl (C=O) groups excluding carboxylic acids is 1. The smallest absolute Gasteiger partial charge is 0.264 e. The molecule has 0 spiro atoms. The molecule has 144 valence electrons. The van der Waals surface area contributed by atoms with E-state index in [1.54, 1.807) is 48.5 Å². The van der Waals surface area contributed by atoms with Gasteiger partial charge in [-0.3, -0.25) is 9.10 Å². The van der Waals surface area contributed by atoms with Crippen LogP contribution in [0.5, 0.6) is 0 Å². The van der Waals surface area contributed by atoms with Crippen molar-refractivity contribution in [2.75, 3.05) is 7.05 Å². The van der Waals surface area contributed by atoms with Crippen LogP contribution in [-0.2, 0) is 10.0 Å². The van der Waals surface area contributed by atoms with Gasteiger partial charge in [-0.2, -0.15) is 0 Å². The van der Waals surface area contributed by atoms with Crippen LogP contribution >= 0.6 is 11.8 Å². The van der Waals surface area contributed by atoms with Gasteiger partial charge < -0.3 is 0 Å². The van der Waals surface area contributed by atoms with E-state index in [1.807, 2.05) is 18.7 Å². The Kier molecular flexibility index (Phi) is 6.72. The molecule has 0 aromatic heterocycles. The SMILES string of the molecule is Cc1ccc(S(=O)(=O)N(C)/C(=C\[Si](C)(C)C)SC(=O)c2ccccc2)cc1. The third kappa shape index (κ3) is 5.82. The molecule has 0 saturated carbocycles. The first-order valence-corrected chi connectivity index (χ1v) is 14.4. The van der Waals surface area contributed by atoms with Crippen molar-refractivity contribution in [3.8, 4) is 0 Å². The molecule has 2 rings (SSSR count). The molecule has 0 radical (unpaired) electrons. The van der Waals surface area contributed by atoms with Crippen molar-refractivity contribution in [3.05, 3.63) is 76.5 Å². The summed E-state index contributed by atoms with van der Waals surface area (Å²) in [5, 5.41) is 0.273. The first-order valence-electron chi connectivity index (χ1n) is 8.56. The second kappa shape index (κ2) is 8.46. The van der Waals surface area contributed by atoms with Crippen LogP contribution < -0.4 is 0 Å². The van der Waals surface area contributed by atoms with E-state index in [-0.39, 0.29) is 10.0 Å². The Balaban J connectivity index is 2.40. The predicted octanol–water partition coefficient (Wildman–Crippen LogP) is 4.91. The van der Waals surface area contributed by atoms with Crippen molar-refractivity contribution in [1.82, 2.24) is 4.31 Å². The fourth-order valence-corrected chi connectivity index (χ4v) is 6.66. The monoisotopic (exact) mass is 419 g/mol. The van der Waals surface area contributed by atoms with Crippen molar-refractivity contribution < 1.29 is 13.2 Å². The quantitative estimate of drug-likeness (QED) is 0.625. The lowest BCUT2D eigenvalue weighted by Gasteiger charge is -2.24. The third-order valence-electron chi connectivity index (χ3n) is 3.75. The standard InChI is InChI=1S/C20H25NO3S2Si/c1-16-11-13-18(14-12-16)26(23,24)21(2)19(15-27(3,4)5)25-20(22)17-9-7-6-8-10-17/h6-15H,1-5H3/b19-15+. The Labute approximate surface area is 167 Å². The summed E-state index contributed by atoms with van der Waals surface area (Å²) >= 11 is 0.961. The van der Waals surface area contributed by atoms with Gasteiger partial charge >= 0.3 is 0 Å². The van der Waals surface area contributed by atoms with Gasteiger partial charge in [0.15, 0.2) is 0 Å². The number of aryl methyl sites for hydroxylation is 1. The Morgan fingerprint density at radius 3 is 2.07 bits per heavy atom. The van der Waals surface area contributed by atoms with Gasteiger partial charge in [-0.05, 0) is 30.8 Å². The minimum atomic E-state index is -3.74. The number of hydrogen-bond donors (Lipinski definition) is 0. The molecule has 4 nitrogen and oxygen atoms in total. The molecule has 0 aliphatic rings. The topological polar surface area (TPSA) is 54.5 Å². The second-order valence-corrected chi connectivity index (χ2v) is 15.4. The normalized spacial score (nSPS) is 12.7. The zero-order valence-electron chi connectivity index (χ0n) is 16.3. The first-order chi connectivity index (χ1) is 12.5. The number of hydrogen-bond acceptors (Lipinski definition) is 4. The number of carbonyl (C=O) groups is 1. The van der Waals surface area contributed by atoms with E-state index in [0.29, 0.717) is 10.6 Å². The molecule has 0 heterocycles. The summed E-state index contributed by atoms with van der Waals surface area (Å²) in [5.74, 6) is 0. The largest absolute Gasteiger partial charge is 0.281 e. The van der Waals surface area contributed by atoms with Crippen molar-refractivity contribution in [2.24, 2.45) is 0 Å².